The van der Waals surface area contributed by atoms with Gasteiger partial charge in [-0.3, -0.25) is 4.98 Å². The van der Waals surface area contributed by atoms with Gasteiger partial charge in [-0.15, -0.1) is 0 Å². The summed E-state index contributed by atoms with van der Waals surface area (Å²) in [6.07, 6.45) is 7.34. The van der Waals surface area contributed by atoms with E-state index in [1.54, 1.807) is 26.2 Å². The summed E-state index contributed by atoms with van der Waals surface area (Å²) in [5, 5.41) is 2.98. The fraction of sp³-hybridized carbons (Fsp3) is 0.500. The molecule has 1 aromatic heterocycles. The van der Waals surface area contributed by atoms with Crippen molar-refractivity contribution < 1.29 is 8.42 Å². The van der Waals surface area contributed by atoms with Crippen LogP contribution >= 0.6 is 0 Å². The van der Waals surface area contributed by atoms with Crippen LogP contribution < -0.4 is 10.0 Å². The number of sulfonamides is 1. The van der Waals surface area contributed by atoms with E-state index in [1.165, 1.54) is 0 Å². The zero-order chi connectivity index (χ0) is 19.3. The SMILES string of the molecule is CC(C)S(=O)(=O)NC1CCC(CNc2cnc(-c3ccccc3)cn2)CC1. The largest absolute Gasteiger partial charge is 0.369 e. The fourth-order valence-electron chi connectivity index (χ4n) is 3.28. The molecular formula is C20H28N4O2S. The van der Waals surface area contributed by atoms with Gasteiger partial charge in [0.1, 0.15) is 5.82 Å². The van der Waals surface area contributed by atoms with E-state index in [2.05, 4.69) is 20.0 Å². The van der Waals surface area contributed by atoms with Crippen LogP contribution in [0.1, 0.15) is 39.5 Å². The lowest BCUT2D eigenvalue weighted by Gasteiger charge is -2.29. The zero-order valence-electron chi connectivity index (χ0n) is 15.9. The van der Waals surface area contributed by atoms with E-state index in [1.807, 2.05) is 30.3 Å². The molecule has 1 fully saturated rings. The highest BCUT2D eigenvalue weighted by molar-refractivity contribution is 7.90. The molecule has 7 heteroatoms. The molecule has 146 valence electrons. The Morgan fingerprint density at radius 1 is 1.04 bits per heavy atom. The molecule has 1 aliphatic carbocycles. The highest BCUT2D eigenvalue weighted by Crippen LogP contribution is 2.25. The van der Waals surface area contributed by atoms with Crippen LogP contribution in [0.4, 0.5) is 5.82 Å². The maximum Gasteiger partial charge on any atom is 0.214 e. The second kappa shape index (κ2) is 8.80. The summed E-state index contributed by atoms with van der Waals surface area (Å²) in [4.78, 5) is 8.94. The minimum Gasteiger partial charge on any atom is -0.369 e. The van der Waals surface area contributed by atoms with Crippen molar-refractivity contribution in [2.75, 3.05) is 11.9 Å². The van der Waals surface area contributed by atoms with Gasteiger partial charge in [-0.05, 0) is 45.4 Å². The standard InChI is InChI=1S/C20H28N4O2S/c1-15(2)27(25,26)24-18-10-8-16(9-11-18)12-22-20-14-21-19(13-23-20)17-6-4-3-5-7-17/h3-7,13-16,18,24H,8-12H2,1-2H3,(H,22,23). The van der Waals surface area contributed by atoms with Crippen molar-refractivity contribution in [1.29, 1.82) is 0 Å². The van der Waals surface area contributed by atoms with Gasteiger partial charge >= 0.3 is 0 Å². The summed E-state index contributed by atoms with van der Waals surface area (Å²) in [7, 11) is -3.18. The fourth-order valence-corrected chi connectivity index (χ4v) is 4.25. The smallest absolute Gasteiger partial charge is 0.214 e. The second-order valence-corrected chi connectivity index (χ2v) is 9.73. The van der Waals surface area contributed by atoms with Crippen LogP contribution in [0.3, 0.4) is 0 Å². The summed E-state index contributed by atoms with van der Waals surface area (Å²) < 4.78 is 26.8. The number of nitrogens with zero attached hydrogens (tertiary/aromatic N) is 2. The lowest BCUT2D eigenvalue weighted by molar-refractivity contribution is 0.323. The lowest BCUT2D eigenvalue weighted by Crippen LogP contribution is -2.41. The third kappa shape index (κ3) is 5.49. The van der Waals surface area contributed by atoms with E-state index >= 15 is 0 Å². The van der Waals surface area contributed by atoms with Gasteiger partial charge in [-0.1, -0.05) is 30.3 Å². The number of anilines is 1. The van der Waals surface area contributed by atoms with Crippen molar-refractivity contribution >= 4 is 15.8 Å². The molecule has 0 aliphatic heterocycles. The Balaban J connectivity index is 1.45. The van der Waals surface area contributed by atoms with E-state index in [4.69, 9.17) is 0 Å². The van der Waals surface area contributed by atoms with Gasteiger partial charge in [0.25, 0.3) is 0 Å². The minimum absolute atomic E-state index is 0.0681. The number of benzene rings is 1. The van der Waals surface area contributed by atoms with Crippen LogP contribution in [0.5, 0.6) is 0 Å². The number of nitrogens with one attached hydrogen (secondary N) is 2. The average molecular weight is 389 g/mol. The molecule has 2 aromatic rings. The van der Waals surface area contributed by atoms with E-state index < -0.39 is 10.0 Å². The van der Waals surface area contributed by atoms with Crippen molar-refractivity contribution in [2.24, 2.45) is 5.92 Å². The Hall–Kier alpha value is -1.99. The van der Waals surface area contributed by atoms with E-state index in [9.17, 15) is 8.42 Å². The van der Waals surface area contributed by atoms with Gasteiger partial charge in [0.05, 0.1) is 23.3 Å². The van der Waals surface area contributed by atoms with Crippen LogP contribution in [0.25, 0.3) is 11.3 Å². The van der Waals surface area contributed by atoms with Crippen molar-refractivity contribution in [3.63, 3.8) is 0 Å². The summed E-state index contributed by atoms with van der Waals surface area (Å²) in [5.41, 5.74) is 1.91. The lowest BCUT2D eigenvalue weighted by atomic mass is 9.86. The molecule has 1 aliphatic rings. The molecule has 0 amide bonds. The molecule has 0 bridgehead atoms. The molecule has 1 heterocycles. The Morgan fingerprint density at radius 2 is 1.74 bits per heavy atom. The first-order valence-electron chi connectivity index (χ1n) is 9.56. The van der Waals surface area contributed by atoms with E-state index in [0.717, 1.165) is 49.3 Å². The monoisotopic (exact) mass is 388 g/mol. The molecule has 1 saturated carbocycles. The predicted molar refractivity (Wildman–Crippen MR) is 109 cm³/mol. The van der Waals surface area contributed by atoms with Crippen LogP contribution in [-0.2, 0) is 10.0 Å². The quantitative estimate of drug-likeness (QED) is 0.759. The zero-order valence-corrected chi connectivity index (χ0v) is 16.7. The highest BCUT2D eigenvalue weighted by atomic mass is 32.2. The second-order valence-electron chi connectivity index (χ2n) is 7.46. The molecular weight excluding hydrogens is 360 g/mol. The summed E-state index contributed by atoms with van der Waals surface area (Å²) >= 11 is 0. The van der Waals surface area contributed by atoms with Crippen LogP contribution in [0.2, 0.25) is 0 Å². The predicted octanol–water partition coefficient (Wildman–Crippen LogP) is 3.44. The highest BCUT2D eigenvalue weighted by Gasteiger charge is 2.26. The molecule has 0 spiro atoms. The molecule has 0 unspecified atom stereocenters. The molecule has 27 heavy (non-hydrogen) atoms. The van der Waals surface area contributed by atoms with E-state index in [-0.39, 0.29) is 11.3 Å². The van der Waals surface area contributed by atoms with Crippen LogP contribution in [-0.4, -0.2) is 36.2 Å². The first-order chi connectivity index (χ1) is 12.9. The summed E-state index contributed by atoms with van der Waals surface area (Å²) in [5.74, 6) is 1.30. The molecule has 6 nitrogen and oxygen atoms in total. The van der Waals surface area contributed by atoms with Crippen molar-refractivity contribution in [2.45, 2.75) is 50.8 Å². The maximum absolute atomic E-state index is 12.0. The van der Waals surface area contributed by atoms with Crippen molar-refractivity contribution in [3.05, 3.63) is 42.7 Å². The first-order valence-corrected chi connectivity index (χ1v) is 11.1. The molecule has 1 aromatic carbocycles. The van der Waals surface area contributed by atoms with Gasteiger partial charge in [-0.25, -0.2) is 18.1 Å². The number of aromatic nitrogens is 2. The third-order valence-electron chi connectivity index (χ3n) is 5.09. The van der Waals surface area contributed by atoms with Crippen molar-refractivity contribution in [3.8, 4) is 11.3 Å². The van der Waals surface area contributed by atoms with Gasteiger partial charge < -0.3 is 5.32 Å². The Morgan fingerprint density at radius 3 is 2.33 bits per heavy atom. The molecule has 0 radical (unpaired) electrons. The molecule has 2 N–H and O–H groups in total. The van der Waals surface area contributed by atoms with Gasteiger partial charge in [0.15, 0.2) is 0 Å². The number of hydrogen-bond acceptors (Lipinski definition) is 5. The van der Waals surface area contributed by atoms with Crippen LogP contribution in [0.15, 0.2) is 42.7 Å². The topological polar surface area (TPSA) is 84.0 Å². The van der Waals surface area contributed by atoms with Crippen molar-refractivity contribution in [1.82, 2.24) is 14.7 Å². The Labute approximate surface area is 161 Å². The van der Waals surface area contributed by atoms with Gasteiger partial charge in [-0.2, -0.15) is 0 Å². The Bertz CT molecular complexity index is 815. The van der Waals surface area contributed by atoms with Gasteiger partial charge in [0, 0.05) is 18.2 Å². The Kier molecular flexibility index (Phi) is 6.44. The minimum atomic E-state index is -3.18. The summed E-state index contributed by atoms with van der Waals surface area (Å²) in [6.45, 7) is 4.26. The average Bonchev–Trinajstić information content (AvgIpc) is 2.68. The number of rotatable bonds is 7. The van der Waals surface area contributed by atoms with Crippen LogP contribution in [0, 0.1) is 5.92 Å². The van der Waals surface area contributed by atoms with Gasteiger partial charge in [0.2, 0.25) is 10.0 Å². The molecule has 0 saturated heterocycles. The normalized spacial score (nSPS) is 20.6. The maximum atomic E-state index is 12.0. The first kappa shape index (κ1) is 19.8. The third-order valence-corrected chi connectivity index (χ3v) is 6.99. The molecule has 3 rings (SSSR count). The van der Waals surface area contributed by atoms with E-state index in [0.29, 0.717) is 5.92 Å². The molecule has 0 atom stereocenters. The summed E-state index contributed by atoms with van der Waals surface area (Å²) in [6, 6.07) is 10.1. The number of hydrogen-bond donors (Lipinski definition) is 2.